The van der Waals surface area contributed by atoms with Gasteiger partial charge in [-0.05, 0) is 73.7 Å². The van der Waals surface area contributed by atoms with Gasteiger partial charge in [0.2, 0.25) is 12.4 Å². The molecule has 1 unspecified atom stereocenters. The Labute approximate surface area is 311 Å². The van der Waals surface area contributed by atoms with Crippen molar-refractivity contribution in [3.63, 3.8) is 0 Å². The zero-order chi connectivity index (χ0) is 36.1. The fourth-order valence-electron chi connectivity index (χ4n) is 7.54. The molecule has 3 saturated heterocycles. The normalized spacial score (nSPS) is 20.0. The number of aliphatic carboxylic acids is 1. The van der Waals surface area contributed by atoms with E-state index in [2.05, 4.69) is 10.2 Å². The van der Waals surface area contributed by atoms with Gasteiger partial charge in [-0.3, -0.25) is 15.3 Å². The van der Waals surface area contributed by atoms with Crippen molar-refractivity contribution in [2.24, 2.45) is 11.8 Å². The van der Waals surface area contributed by atoms with Crippen molar-refractivity contribution in [1.29, 1.82) is 0 Å². The van der Waals surface area contributed by atoms with Crippen LogP contribution in [0.3, 0.4) is 0 Å². The molecule has 0 saturated carbocycles. The van der Waals surface area contributed by atoms with Gasteiger partial charge >= 0.3 is 11.9 Å². The molecule has 7 rings (SSSR count). The van der Waals surface area contributed by atoms with Crippen LogP contribution in [0.4, 0.5) is 0 Å². The highest BCUT2D eigenvalue weighted by atomic mass is 35.5. The lowest BCUT2D eigenvalue weighted by Gasteiger charge is -2.51. The molecule has 270 valence electrons. The molecule has 0 spiro atoms. The van der Waals surface area contributed by atoms with Crippen LogP contribution in [0.15, 0.2) is 73.1 Å². The number of benzene rings is 2. The summed E-state index contributed by atoms with van der Waals surface area (Å²) >= 11 is 14.4. The highest BCUT2D eigenvalue weighted by molar-refractivity contribution is 7.12. The minimum absolute atomic E-state index is 0.0391. The Morgan fingerprint density at radius 3 is 2.31 bits per heavy atom. The molecule has 2 bridgehead atoms. The van der Waals surface area contributed by atoms with Crippen molar-refractivity contribution < 1.29 is 38.8 Å². The van der Waals surface area contributed by atoms with E-state index >= 15 is 0 Å². The minimum atomic E-state index is -1.20. The van der Waals surface area contributed by atoms with Gasteiger partial charge < -0.3 is 24.2 Å². The number of carbonyl (C=O) groups is 2. The first-order chi connectivity index (χ1) is 24.6. The lowest BCUT2D eigenvalue weighted by atomic mass is 9.65. The highest BCUT2D eigenvalue weighted by Crippen LogP contribution is 2.44. The monoisotopic (exact) mass is 754 g/mol. The second-order valence-corrected chi connectivity index (χ2v) is 15.1. The van der Waals surface area contributed by atoms with Crippen LogP contribution in [0.5, 0.6) is 11.5 Å². The molecular weight excluding hydrogens is 713 g/mol. The van der Waals surface area contributed by atoms with Crippen LogP contribution in [-0.2, 0) is 39.1 Å². The van der Waals surface area contributed by atoms with Crippen molar-refractivity contribution in [2.75, 3.05) is 40.4 Å². The van der Waals surface area contributed by atoms with Gasteiger partial charge in [0, 0.05) is 45.5 Å². The molecule has 10 nitrogen and oxygen atoms in total. The lowest BCUT2D eigenvalue weighted by molar-refractivity contribution is -0.904. The Bertz CT molecular complexity index is 1830. The Hall–Kier alpha value is -3.87. The van der Waals surface area contributed by atoms with Crippen LogP contribution in [0, 0.1) is 11.8 Å². The molecule has 3 aliphatic rings. The number of piperidine rings is 3. The fraction of sp³-hybridized carbons (Fsp3) is 0.395. The standard InChI is InChI=1S/C38H41Cl2N3O7S/c1-48-33-11-8-25(18-35(33)49-2)34(20-29-31(39)22-43(47)23-32(29)40)50-36(44)19-28-10-9-27(51-28)12-15-41-38(37(45)46,26-6-4-3-5-7-26)30-21-42-16-13-24(30)14-17-42/h3-11,18,22-24,30,34,41H,12-17,19-21H2,1-2H3,(H-,45,46,47)/p+1/t30-,34-,38?/m0/s1. The van der Waals surface area contributed by atoms with Gasteiger partial charge in [-0.2, -0.15) is 0 Å². The molecule has 3 N–H and O–H groups in total. The van der Waals surface area contributed by atoms with Crippen molar-refractivity contribution in [3.05, 3.63) is 110 Å². The van der Waals surface area contributed by atoms with Gasteiger partial charge in [-0.15, -0.1) is 11.3 Å². The summed E-state index contributed by atoms with van der Waals surface area (Å²) in [6.07, 6.45) is 4.67. The quantitative estimate of drug-likeness (QED) is 0.0749. The van der Waals surface area contributed by atoms with Crippen LogP contribution in [0.1, 0.15) is 45.4 Å². The average Bonchev–Trinajstić information content (AvgIpc) is 3.58. The first-order valence-corrected chi connectivity index (χ1v) is 18.5. The number of aromatic nitrogens is 1. The molecule has 4 aromatic rings. The van der Waals surface area contributed by atoms with Crippen LogP contribution in [-0.4, -0.2) is 67.6 Å². The number of hydrogen-bond acceptors (Lipinski definition) is 9. The summed E-state index contributed by atoms with van der Waals surface area (Å²) in [5.41, 5.74) is 0.739. The number of nitrogens with one attached hydrogen (secondary N) is 1. The number of nitrogens with zero attached hydrogens (tertiary/aromatic N) is 2. The van der Waals surface area contributed by atoms with Gasteiger partial charge in [0.05, 0.1) is 20.6 Å². The van der Waals surface area contributed by atoms with Crippen molar-refractivity contribution >= 4 is 46.5 Å². The first kappa shape index (κ1) is 36.9. The number of pyridine rings is 1. The summed E-state index contributed by atoms with van der Waals surface area (Å²) < 4.78 is 17.7. The summed E-state index contributed by atoms with van der Waals surface area (Å²) in [5.74, 6) is 0.00634. The molecule has 51 heavy (non-hydrogen) atoms. The number of esters is 1. The maximum Gasteiger partial charge on any atom is 0.328 e. The molecule has 2 aromatic carbocycles. The van der Waals surface area contributed by atoms with E-state index in [1.54, 1.807) is 18.2 Å². The van der Waals surface area contributed by atoms with E-state index in [0.29, 0.717) is 41.5 Å². The van der Waals surface area contributed by atoms with Crippen LogP contribution < -0.4 is 19.5 Å². The smallest absolute Gasteiger partial charge is 0.328 e. The number of hydrogen-bond donors (Lipinski definition) is 3. The summed E-state index contributed by atoms with van der Waals surface area (Å²) in [7, 11) is 3.07. The minimum Gasteiger partial charge on any atom is -0.493 e. The van der Waals surface area contributed by atoms with Gasteiger partial charge in [0.1, 0.15) is 21.7 Å². The van der Waals surface area contributed by atoms with E-state index in [9.17, 15) is 19.9 Å². The van der Waals surface area contributed by atoms with Crippen LogP contribution >= 0.6 is 34.5 Å². The van der Waals surface area contributed by atoms with Gasteiger partial charge in [-0.25, -0.2) is 4.79 Å². The number of fused-ring (bicyclic) bond motifs is 3. The maximum atomic E-state index is 13.4. The Balaban J connectivity index is 1.15. The van der Waals surface area contributed by atoms with Gasteiger partial charge in [-0.1, -0.05) is 59.6 Å². The molecule has 5 heterocycles. The Kier molecular flexibility index (Phi) is 11.7. The number of ether oxygens (including phenoxy) is 3. The third kappa shape index (κ3) is 8.13. The van der Waals surface area contributed by atoms with E-state index in [1.165, 1.54) is 38.0 Å². The van der Waals surface area contributed by atoms with Gasteiger partial charge in [0.15, 0.2) is 11.5 Å². The molecule has 0 radical (unpaired) electrons. The molecule has 2 aromatic heterocycles. The van der Waals surface area contributed by atoms with E-state index in [4.69, 9.17) is 37.4 Å². The predicted octanol–water partition coefficient (Wildman–Crippen LogP) is 6.12. The largest absolute Gasteiger partial charge is 0.493 e. The molecule has 3 fully saturated rings. The highest BCUT2D eigenvalue weighted by Gasteiger charge is 2.53. The predicted molar refractivity (Wildman–Crippen MR) is 194 cm³/mol. The Morgan fingerprint density at radius 2 is 1.69 bits per heavy atom. The second kappa shape index (κ2) is 16.2. The number of carboxylic acid groups (broad SMARTS) is 1. The summed E-state index contributed by atoms with van der Waals surface area (Å²) in [6, 6.07) is 18.7. The number of rotatable bonds is 15. The SMILES string of the molecule is COc1ccc([C@H](Cc2c(Cl)c[n+](O)cc2Cl)OC(=O)Cc2ccc(CCNC(C(=O)O)(c3ccccc3)[C@H]3CN4CCC3CC4)s2)cc1OC. The van der Waals surface area contributed by atoms with Gasteiger partial charge in [0.25, 0.3) is 0 Å². The van der Waals surface area contributed by atoms with E-state index in [0.717, 1.165) is 52.5 Å². The third-order valence-electron chi connectivity index (χ3n) is 10.1. The van der Waals surface area contributed by atoms with Crippen molar-refractivity contribution in [1.82, 2.24) is 10.2 Å². The molecule has 3 atom stereocenters. The Morgan fingerprint density at radius 1 is 1.00 bits per heavy atom. The third-order valence-corrected chi connectivity index (χ3v) is 11.9. The molecule has 0 amide bonds. The van der Waals surface area contributed by atoms with E-state index in [-0.39, 0.29) is 28.8 Å². The van der Waals surface area contributed by atoms with Crippen LogP contribution in [0.25, 0.3) is 0 Å². The number of methoxy groups -OCH3 is 2. The zero-order valence-electron chi connectivity index (χ0n) is 28.5. The van der Waals surface area contributed by atoms with E-state index in [1.807, 2.05) is 42.5 Å². The molecule has 13 heteroatoms. The maximum absolute atomic E-state index is 13.4. The molecule has 3 aliphatic heterocycles. The summed E-state index contributed by atoms with van der Waals surface area (Å²) in [4.78, 5) is 30.9. The zero-order valence-corrected chi connectivity index (χ0v) is 30.8. The fourth-order valence-corrected chi connectivity index (χ4v) is 9.15. The van der Waals surface area contributed by atoms with Crippen LogP contribution in [0.2, 0.25) is 10.0 Å². The second-order valence-electron chi connectivity index (χ2n) is 13.1. The van der Waals surface area contributed by atoms with Crippen molar-refractivity contribution in [2.45, 2.75) is 43.7 Å². The first-order valence-electron chi connectivity index (χ1n) is 16.9. The molecular formula is C38H42Cl2N3O7S+. The number of carbonyl (C=O) groups excluding carboxylic acids is 1. The van der Waals surface area contributed by atoms with Crippen molar-refractivity contribution in [3.8, 4) is 11.5 Å². The lowest BCUT2D eigenvalue weighted by Crippen LogP contribution is -2.63. The molecule has 0 aliphatic carbocycles. The average molecular weight is 756 g/mol. The summed E-state index contributed by atoms with van der Waals surface area (Å²) in [6.45, 7) is 3.28. The summed E-state index contributed by atoms with van der Waals surface area (Å²) in [5, 5.41) is 24.7. The number of carboxylic acids is 1. The topological polar surface area (TPSA) is 121 Å². The number of thiophene rings is 1. The van der Waals surface area contributed by atoms with E-state index < -0.39 is 23.6 Å². The number of halogens is 2.